The van der Waals surface area contributed by atoms with Gasteiger partial charge in [-0.05, 0) is 91.0 Å². The number of carbonyl (C=O) groups is 1. The van der Waals surface area contributed by atoms with E-state index < -0.39 is 23.8 Å². The van der Waals surface area contributed by atoms with Gasteiger partial charge in [0.15, 0.2) is 11.5 Å². The number of aliphatic hydroxyl groups excluding tert-OH is 2. The number of nitrogens with zero attached hydrogens (tertiary/aromatic N) is 3. The molecule has 2 N–H and O–H groups in total. The molecule has 3 aromatic carbocycles. The largest absolute Gasteiger partial charge is 0.492 e. The molecule has 342 valence electrons. The minimum absolute atomic E-state index is 0.0632. The van der Waals surface area contributed by atoms with Crippen LogP contribution < -0.4 is 18.9 Å². The predicted molar refractivity (Wildman–Crippen MR) is 242 cm³/mol. The van der Waals surface area contributed by atoms with E-state index >= 15 is 0 Å². The van der Waals surface area contributed by atoms with E-state index in [1.165, 1.54) is 0 Å². The molecule has 6 unspecified atom stereocenters. The second-order valence-electron chi connectivity index (χ2n) is 17.2. The monoisotopic (exact) mass is 877 g/mol. The smallest absolute Gasteiger partial charge is 0.410 e. The first-order chi connectivity index (χ1) is 31.5. The number of oxime groups is 1. The molecule has 6 atom stereocenters. The van der Waals surface area contributed by atoms with Crippen LogP contribution in [0.5, 0.6) is 23.0 Å². The first kappa shape index (κ1) is 45.2. The Labute approximate surface area is 376 Å². The van der Waals surface area contributed by atoms with Crippen LogP contribution in [0.1, 0.15) is 74.0 Å². The molecule has 64 heavy (non-hydrogen) atoms. The van der Waals surface area contributed by atoms with Crippen LogP contribution in [0, 0.1) is 17.8 Å². The maximum atomic E-state index is 14.8. The number of allylic oxidation sites excluding steroid dienone is 1. The molecule has 1 amide bonds. The zero-order valence-electron chi connectivity index (χ0n) is 36.8. The van der Waals surface area contributed by atoms with E-state index in [2.05, 4.69) is 30.2 Å². The summed E-state index contributed by atoms with van der Waals surface area (Å²) in [6, 6.07) is 20.9. The molecule has 1 saturated heterocycles. The molecule has 0 aromatic heterocycles. The number of carbonyl (C=O) groups excluding carboxylic acids is 1. The minimum Gasteiger partial charge on any atom is -0.492 e. The van der Waals surface area contributed by atoms with E-state index in [1.807, 2.05) is 60.7 Å². The first-order valence-electron chi connectivity index (χ1n) is 23.0. The van der Waals surface area contributed by atoms with Crippen LogP contribution in [0.4, 0.5) is 4.79 Å². The number of unbranched alkanes of at least 4 members (excludes halogenated alkanes) is 2. The van der Waals surface area contributed by atoms with Gasteiger partial charge >= 0.3 is 6.09 Å². The van der Waals surface area contributed by atoms with Gasteiger partial charge in [-0.25, -0.2) is 4.79 Å². The van der Waals surface area contributed by atoms with Crippen molar-refractivity contribution in [2.45, 2.75) is 82.3 Å². The molecular formula is C51H63N3O10. The molecule has 0 radical (unpaired) electrons. The molecule has 2 aliphatic carbocycles. The highest BCUT2D eigenvalue weighted by atomic mass is 16.7. The lowest BCUT2D eigenvalue weighted by molar-refractivity contribution is -0.256. The molecule has 2 fully saturated rings. The van der Waals surface area contributed by atoms with E-state index in [4.69, 9.17) is 38.4 Å². The summed E-state index contributed by atoms with van der Waals surface area (Å²) >= 11 is 0. The Kier molecular flexibility index (Phi) is 15.2. The van der Waals surface area contributed by atoms with E-state index in [9.17, 15) is 15.0 Å². The van der Waals surface area contributed by atoms with Crippen LogP contribution in [0.15, 0.2) is 109 Å². The zero-order valence-corrected chi connectivity index (χ0v) is 36.8. The van der Waals surface area contributed by atoms with Crippen molar-refractivity contribution in [2.75, 3.05) is 59.5 Å². The Morgan fingerprint density at radius 3 is 2.48 bits per heavy atom. The van der Waals surface area contributed by atoms with Crippen molar-refractivity contribution in [3.05, 3.63) is 120 Å². The van der Waals surface area contributed by atoms with Crippen molar-refractivity contribution in [1.29, 1.82) is 0 Å². The summed E-state index contributed by atoms with van der Waals surface area (Å²) in [6.45, 7) is 12.5. The van der Waals surface area contributed by atoms with Gasteiger partial charge < -0.3 is 43.5 Å². The van der Waals surface area contributed by atoms with Crippen molar-refractivity contribution in [1.82, 2.24) is 9.80 Å². The van der Waals surface area contributed by atoms with Gasteiger partial charge in [0.25, 0.3) is 0 Å². The van der Waals surface area contributed by atoms with Gasteiger partial charge in [-0.2, -0.15) is 0 Å². The van der Waals surface area contributed by atoms with E-state index in [0.717, 1.165) is 73.3 Å². The van der Waals surface area contributed by atoms with Crippen LogP contribution in [0.3, 0.4) is 0 Å². The van der Waals surface area contributed by atoms with Crippen molar-refractivity contribution in [3.63, 3.8) is 0 Å². The standard InChI is InChI=1S/C51H63N3O10/c1-3-5-27-59-50(57)54(33-37-17-19-45-46(29-37)61-35-60-45)47-32-43(52-63-34-36-13-7-6-8-14-36)41-30-38(15-9-11-24-55)40(16-10-12-25-56)48-42-31-39(58-28-23-53-21-22-53)18-20-44(42)64-51(47,49(41)48)62-26-4-2/h3-4,6-8,13-14,17-20,29-31,38,40,47-49,55-56H,1-2,5,9-12,15-16,21-28,32-35H2. The van der Waals surface area contributed by atoms with E-state index in [-0.39, 0.29) is 70.5 Å². The fourth-order valence-corrected chi connectivity index (χ4v) is 9.93. The summed E-state index contributed by atoms with van der Waals surface area (Å²) in [5, 5.41) is 25.0. The molecule has 0 spiro atoms. The quantitative estimate of drug-likeness (QED) is 0.0390. The number of benzene rings is 3. The Morgan fingerprint density at radius 1 is 0.906 bits per heavy atom. The number of hydrogen-bond acceptors (Lipinski definition) is 12. The Morgan fingerprint density at radius 2 is 1.70 bits per heavy atom. The summed E-state index contributed by atoms with van der Waals surface area (Å²) in [5.74, 6) is 0.645. The number of aliphatic hydroxyl groups is 2. The maximum Gasteiger partial charge on any atom is 0.410 e. The number of amides is 1. The van der Waals surface area contributed by atoms with Gasteiger partial charge in [-0.1, -0.05) is 72.6 Å². The Balaban J connectivity index is 1.30. The van der Waals surface area contributed by atoms with Gasteiger partial charge in [0.05, 0.1) is 24.8 Å². The van der Waals surface area contributed by atoms with Gasteiger partial charge in [0.2, 0.25) is 12.6 Å². The van der Waals surface area contributed by atoms with Gasteiger partial charge in [0, 0.05) is 57.3 Å². The fourth-order valence-electron chi connectivity index (χ4n) is 9.93. The average Bonchev–Trinajstić information content (AvgIpc) is 4.02. The third-order valence-electron chi connectivity index (χ3n) is 13.1. The number of hydrogen-bond donors (Lipinski definition) is 2. The molecule has 13 heteroatoms. The maximum absolute atomic E-state index is 14.8. The second kappa shape index (κ2) is 21.6. The highest BCUT2D eigenvalue weighted by molar-refractivity contribution is 6.03. The summed E-state index contributed by atoms with van der Waals surface area (Å²) in [4.78, 5) is 25.1. The molecule has 5 aliphatic rings. The fraction of sp³-hybridized carbons (Fsp3) is 0.490. The summed E-state index contributed by atoms with van der Waals surface area (Å²) in [7, 11) is 0. The predicted octanol–water partition coefficient (Wildman–Crippen LogP) is 8.16. The summed E-state index contributed by atoms with van der Waals surface area (Å²) in [6.07, 6.45) is 10.6. The summed E-state index contributed by atoms with van der Waals surface area (Å²) < 4.78 is 38.5. The van der Waals surface area contributed by atoms with Gasteiger partial charge in [-0.3, -0.25) is 9.80 Å². The first-order valence-corrected chi connectivity index (χ1v) is 23.0. The van der Waals surface area contributed by atoms with Crippen LogP contribution >= 0.6 is 0 Å². The molecule has 13 nitrogen and oxygen atoms in total. The lowest BCUT2D eigenvalue weighted by Crippen LogP contribution is -2.70. The molecule has 3 aromatic rings. The van der Waals surface area contributed by atoms with E-state index in [0.29, 0.717) is 48.8 Å². The third-order valence-corrected chi connectivity index (χ3v) is 13.1. The van der Waals surface area contributed by atoms with Crippen LogP contribution in [-0.4, -0.2) is 103 Å². The van der Waals surface area contributed by atoms with Crippen LogP contribution in [-0.2, 0) is 27.5 Å². The van der Waals surface area contributed by atoms with E-state index in [1.54, 1.807) is 17.1 Å². The molecule has 8 rings (SSSR count). The highest BCUT2D eigenvalue weighted by Crippen LogP contribution is 2.62. The van der Waals surface area contributed by atoms with Crippen molar-refractivity contribution < 1.29 is 48.3 Å². The Bertz CT molecular complexity index is 2120. The number of ether oxygens (including phenoxy) is 6. The third kappa shape index (κ3) is 10.3. The number of rotatable bonds is 24. The van der Waals surface area contributed by atoms with Crippen LogP contribution in [0.2, 0.25) is 0 Å². The lowest BCUT2D eigenvalue weighted by atomic mass is 9.55. The average molecular weight is 878 g/mol. The summed E-state index contributed by atoms with van der Waals surface area (Å²) in [5.41, 5.74) is 4.42. The second-order valence-corrected chi connectivity index (χ2v) is 17.2. The molecule has 3 aliphatic heterocycles. The van der Waals surface area contributed by atoms with Crippen molar-refractivity contribution in [2.24, 2.45) is 22.9 Å². The highest BCUT2D eigenvalue weighted by Gasteiger charge is 2.65. The topological polar surface area (TPSA) is 141 Å². The van der Waals surface area contributed by atoms with Crippen LogP contribution in [0.25, 0.3) is 0 Å². The van der Waals surface area contributed by atoms with Crippen molar-refractivity contribution in [3.8, 4) is 23.0 Å². The number of fused-ring (bicyclic) bond motifs is 3. The molecule has 3 heterocycles. The molecular weight excluding hydrogens is 815 g/mol. The SMILES string of the molecule is C=CCCOC(=O)N(Cc1ccc2c(c1)OCO2)C1CC(=NOCc2ccccc2)C2=CC(CCCCO)C(CCCCO)C3c4cc(OCCN5CC5)ccc4OC1(OCC=C)C23. The molecule has 1 saturated carbocycles. The van der Waals surface area contributed by atoms with Crippen molar-refractivity contribution >= 4 is 11.8 Å². The molecule has 0 bridgehead atoms. The lowest BCUT2D eigenvalue weighted by Gasteiger charge is -2.59. The van der Waals surface area contributed by atoms with Gasteiger partial charge in [-0.15, -0.1) is 13.2 Å². The Hall–Kier alpha value is -5.34. The zero-order chi connectivity index (χ0) is 44.3. The van der Waals surface area contributed by atoms with Gasteiger partial charge in [0.1, 0.15) is 30.8 Å². The minimum atomic E-state index is -1.46. The normalized spacial score (nSPS) is 24.4.